The molecule has 0 spiro atoms. The van der Waals surface area contributed by atoms with E-state index in [0.29, 0.717) is 0 Å². The SMILES string of the molecule is CC.CC1COCC[C@H]1C. The van der Waals surface area contributed by atoms with Gasteiger partial charge in [0.25, 0.3) is 0 Å². The van der Waals surface area contributed by atoms with Gasteiger partial charge in [0.05, 0.1) is 0 Å². The van der Waals surface area contributed by atoms with Crippen LogP contribution >= 0.6 is 0 Å². The monoisotopic (exact) mass is 144 g/mol. The van der Waals surface area contributed by atoms with Gasteiger partial charge in [0.2, 0.25) is 0 Å². The predicted molar refractivity (Wildman–Crippen MR) is 45.1 cm³/mol. The second kappa shape index (κ2) is 5.72. The van der Waals surface area contributed by atoms with E-state index in [1.807, 2.05) is 13.8 Å². The molecule has 0 aromatic carbocycles. The van der Waals surface area contributed by atoms with Crippen molar-refractivity contribution in [1.29, 1.82) is 0 Å². The van der Waals surface area contributed by atoms with Crippen LogP contribution in [0.2, 0.25) is 0 Å². The van der Waals surface area contributed by atoms with Crippen LogP contribution in [0, 0.1) is 11.8 Å². The van der Waals surface area contributed by atoms with Crippen molar-refractivity contribution in [2.45, 2.75) is 34.1 Å². The summed E-state index contributed by atoms with van der Waals surface area (Å²) in [5.41, 5.74) is 0. The second-order valence-corrected chi connectivity index (χ2v) is 2.82. The van der Waals surface area contributed by atoms with Gasteiger partial charge in [-0.25, -0.2) is 0 Å². The lowest BCUT2D eigenvalue weighted by atomic mass is 9.92. The summed E-state index contributed by atoms with van der Waals surface area (Å²) in [6.45, 7) is 10.5. The lowest BCUT2D eigenvalue weighted by Crippen LogP contribution is -2.22. The Morgan fingerprint density at radius 2 is 1.70 bits per heavy atom. The van der Waals surface area contributed by atoms with E-state index in [1.165, 1.54) is 6.42 Å². The molecule has 0 bridgehead atoms. The predicted octanol–water partition coefficient (Wildman–Crippen LogP) is 2.71. The number of hydrogen-bond acceptors (Lipinski definition) is 1. The van der Waals surface area contributed by atoms with Crippen molar-refractivity contribution in [3.05, 3.63) is 0 Å². The van der Waals surface area contributed by atoms with Gasteiger partial charge in [-0.15, -0.1) is 0 Å². The number of rotatable bonds is 0. The fraction of sp³-hybridized carbons (Fsp3) is 1.00. The normalized spacial score (nSPS) is 32.4. The number of hydrogen-bond donors (Lipinski definition) is 0. The Hall–Kier alpha value is -0.0400. The Balaban J connectivity index is 0.000000371. The molecule has 0 N–H and O–H groups in total. The molecule has 0 amide bonds. The van der Waals surface area contributed by atoms with Crippen molar-refractivity contribution < 1.29 is 4.74 Å². The molecule has 0 aliphatic carbocycles. The first-order valence-corrected chi connectivity index (χ1v) is 4.38. The van der Waals surface area contributed by atoms with Crippen molar-refractivity contribution in [3.63, 3.8) is 0 Å². The Morgan fingerprint density at radius 1 is 1.10 bits per heavy atom. The van der Waals surface area contributed by atoms with Gasteiger partial charge in [0, 0.05) is 13.2 Å². The molecular weight excluding hydrogens is 124 g/mol. The molecule has 1 heteroatoms. The zero-order valence-electron chi connectivity index (χ0n) is 7.68. The lowest BCUT2D eigenvalue weighted by molar-refractivity contribution is 0.0303. The molecule has 1 saturated heterocycles. The Bertz CT molecular complexity index is 61.1. The Labute approximate surface area is 64.8 Å². The van der Waals surface area contributed by atoms with Crippen LogP contribution in [-0.4, -0.2) is 13.2 Å². The minimum absolute atomic E-state index is 0.781. The first kappa shape index (κ1) is 9.96. The van der Waals surface area contributed by atoms with Crippen LogP contribution in [0.4, 0.5) is 0 Å². The van der Waals surface area contributed by atoms with Gasteiger partial charge in [-0.2, -0.15) is 0 Å². The quantitative estimate of drug-likeness (QED) is 0.508. The topological polar surface area (TPSA) is 9.23 Å². The summed E-state index contributed by atoms with van der Waals surface area (Å²) in [6, 6.07) is 0. The maximum Gasteiger partial charge on any atom is 0.0494 e. The van der Waals surface area contributed by atoms with E-state index in [-0.39, 0.29) is 0 Å². The van der Waals surface area contributed by atoms with Crippen LogP contribution in [0.1, 0.15) is 34.1 Å². The van der Waals surface area contributed by atoms with E-state index in [1.54, 1.807) is 0 Å². The standard InChI is InChI=1S/C7H14O.C2H6/c1-6-3-4-8-5-7(6)2;1-2/h6-7H,3-5H2,1-2H3;1-2H3/t6-,7?;/m1./s1. The van der Waals surface area contributed by atoms with E-state index in [2.05, 4.69) is 13.8 Å². The van der Waals surface area contributed by atoms with Crippen LogP contribution in [0.25, 0.3) is 0 Å². The van der Waals surface area contributed by atoms with E-state index in [9.17, 15) is 0 Å². The summed E-state index contributed by atoms with van der Waals surface area (Å²) in [5, 5.41) is 0. The molecule has 1 heterocycles. The smallest absolute Gasteiger partial charge is 0.0494 e. The summed E-state index contributed by atoms with van der Waals surface area (Å²) in [5.74, 6) is 1.66. The Kier molecular flexibility index (Phi) is 5.70. The van der Waals surface area contributed by atoms with Crippen molar-refractivity contribution in [2.75, 3.05) is 13.2 Å². The summed E-state index contributed by atoms with van der Waals surface area (Å²) in [4.78, 5) is 0. The molecule has 1 nitrogen and oxygen atoms in total. The average Bonchev–Trinajstić information content (AvgIpc) is 2.00. The van der Waals surface area contributed by atoms with Crippen molar-refractivity contribution in [3.8, 4) is 0 Å². The fourth-order valence-electron chi connectivity index (χ4n) is 0.987. The molecule has 1 unspecified atom stereocenters. The molecule has 0 aromatic heterocycles. The summed E-state index contributed by atoms with van der Waals surface area (Å²) < 4.78 is 5.25. The summed E-state index contributed by atoms with van der Waals surface area (Å²) in [6.07, 6.45) is 1.25. The minimum Gasteiger partial charge on any atom is -0.381 e. The van der Waals surface area contributed by atoms with Crippen LogP contribution in [0.3, 0.4) is 0 Å². The number of ether oxygens (including phenoxy) is 1. The van der Waals surface area contributed by atoms with Gasteiger partial charge in [0.15, 0.2) is 0 Å². The molecule has 1 aliphatic rings. The zero-order chi connectivity index (χ0) is 7.98. The minimum atomic E-state index is 0.781. The second-order valence-electron chi connectivity index (χ2n) is 2.82. The molecule has 62 valence electrons. The van der Waals surface area contributed by atoms with Crippen LogP contribution in [0.15, 0.2) is 0 Å². The Morgan fingerprint density at radius 3 is 2.00 bits per heavy atom. The highest BCUT2D eigenvalue weighted by Gasteiger charge is 2.16. The van der Waals surface area contributed by atoms with Gasteiger partial charge < -0.3 is 4.74 Å². The first-order valence-electron chi connectivity index (χ1n) is 4.38. The third-order valence-electron chi connectivity index (χ3n) is 2.07. The molecular formula is C9H20O. The molecule has 1 rings (SSSR count). The van der Waals surface area contributed by atoms with E-state index >= 15 is 0 Å². The van der Waals surface area contributed by atoms with Crippen LogP contribution in [-0.2, 0) is 4.74 Å². The van der Waals surface area contributed by atoms with Gasteiger partial charge in [-0.3, -0.25) is 0 Å². The van der Waals surface area contributed by atoms with E-state index in [4.69, 9.17) is 4.74 Å². The molecule has 0 aromatic rings. The third kappa shape index (κ3) is 3.21. The first-order chi connectivity index (χ1) is 4.80. The van der Waals surface area contributed by atoms with Crippen molar-refractivity contribution in [2.24, 2.45) is 11.8 Å². The summed E-state index contributed by atoms with van der Waals surface area (Å²) in [7, 11) is 0. The van der Waals surface area contributed by atoms with Gasteiger partial charge in [-0.05, 0) is 18.3 Å². The van der Waals surface area contributed by atoms with E-state index < -0.39 is 0 Å². The summed E-state index contributed by atoms with van der Waals surface area (Å²) >= 11 is 0. The largest absolute Gasteiger partial charge is 0.381 e. The van der Waals surface area contributed by atoms with Crippen LogP contribution < -0.4 is 0 Å². The third-order valence-corrected chi connectivity index (χ3v) is 2.07. The van der Waals surface area contributed by atoms with Gasteiger partial charge in [-0.1, -0.05) is 27.7 Å². The highest BCUT2D eigenvalue weighted by Crippen LogP contribution is 2.19. The lowest BCUT2D eigenvalue weighted by Gasteiger charge is -2.24. The fourth-order valence-corrected chi connectivity index (χ4v) is 0.987. The van der Waals surface area contributed by atoms with Crippen LogP contribution in [0.5, 0.6) is 0 Å². The molecule has 10 heavy (non-hydrogen) atoms. The maximum atomic E-state index is 5.25. The molecule has 1 aliphatic heterocycles. The molecule has 0 saturated carbocycles. The maximum absolute atomic E-state index is 5.25. The highest BCUT2D eigenvalue weighted by atomic mass is 16.5. The van der Waals surface area contributed by atoms with Gasteiger partial charge >= 0.3 is 0 Å². The van der Waals surface area contributed by atoms with Crippen molar-refractivity contribution in [1.82, 2.24) is 0 Å². The van der Waals surface area contributed by atoms with E-state index in [0.717, 1.165) is 25.0 Å². The average molecular weight is 144 g/mol. The van der Waals surface area contributed by atoms with Crippen molar-refractivity contribution >= 4 is 0 Å². The molecule has 2 atom stereocenters. The highest BCUT2D eigenvalue weighted by molar-refractivity contribution is 4.64. The molecule has 1 fully saturated rings. The van der Waals surface area contributed by atoms with Gasteiger partial charge in [0.1, 0.15) is 0 Å². The molecule has 0 radical (unpaired) electrons. The zero-order valence-corrected chi connectivity index (χ0v) is 7.68.